The molecule has 2 rings (SSSR count). The molecule has 1 heterocycles. The van der Waals surface area contributed by atoms with Crippen LogP contribution in [0.25, 0.3) is 0 Å². The normalized spacial score (nSPS) is 36.2. The lowest BCUT2D eigenvalue weighted by Gasteiger charge is -2.34. The number of sulfonamides is 1. The van der Waals surface area contributed by atoms with Crippen LogP contribution in [0.4, 0.5) is 0 Å². The van der Waals surface area contributed by atoms with E-state index in [2.05, 4.69) is 23.9 Å². The van der Waals surface area contributed by atoms with Crippen molar-refractivity contribution in [1.29, 1.82) is 0 Å². The molecule has 1 saturated heterocycles. The first kappa shape index (κ1) is 12.3. The van der Waals surface area contributed by atoms with Crippen LogP contribution in [0.2, 0.25) is 0 Å². The van der Waals surface area contributed by atoms with Gasteiger partial charge in [-0.1, -0.05) is 0 Å². The van der Waals surface area contributed by atoms with Gasteiger partial charge in [-0.3, -0.25) is 0 Å². The van der Waals surface area contributed by atoms with Crippen LogP contribution in [-0.4, -0.2) is 32.3 Å². The van der Waals surface area contributed by atoms with Crippen molar-refractivity contribution in [2.75, 3.05) is 5.75 Å². The fourth-order valence-electron chi connectivity index (χ4n) is 2.36. The molecular formula is C11H22N2O2S. The molecule has 3 unspecified atom stereocenters. The smallest absolute Gasteiger partial charge is 0.212 e. The Bertz CT molecular complexity index is 338. The molecule has 0 spiro atoms. The summed E-state index contributed by atoms with van der Waals surface area (Å²) in [6.45, 7) is 4.20. The number of rotatable bonds is 4. The van der Waals surface area contributed by atoms with Crippen molar-refractivity contribution in [3.05, 3.63) is 0 Å². The average Bonchev–Trinajstić information content (AvgIpc) is 2.93. The highest BCUT2D eigenvalue weighted by Crippen LogP contribution is 2.30. The summed E-state index contributed by atoms with van der Waals surface area (Å²) < 4.78 is 26.5. The molecule has 0 bridgehead atoms. The molecule has 0 aromatic rings. The van der Waals surface area contributed by atoms with E-state index < -0.39 is 10.0 Å². The molecule has 94 valence electrons. The molecule has 1 saturated carbocycles. The van der Waals surface area contributed by atoms with Gasteiger partial charge in [0.2, 0.25) is 10.0 Å². The van der Waals surface area contributed by atoms with Gasteiger partial charge in [-0.2, -0.15) is 0 Å². The molecule has 1 aliphatic heterocycles. The van der Waals surface area contributed by atoms with Gasteiger partial charge in [0, 0.05) is 18.1 Å². The predicted octanol–water partition coefficient (Wildman–Crippen LogP) is 0.845. The monoisotopic (exact) mass is 246 g/mol. The molecular weight excluding hydrogens is 224 g/mol. The van der Waals surface area contributed by atoms with Crippen molar-refractivity contribution >= 4 is 10.0 Å². The Labute approximate surface area is 98.2 Å². The maximum atomic E-state index is 11.8. The Kier molecular flexibility index (Phi) is 3.56. The van der Waals surface area contributed by atoms with Gasteiger partial charge in [0.05, 0.1) is 5.75 Å². The van der Waals surface area contributed by atoms with Crippen LogP contribution in [0.3, 0.4) is 0 Å². The number of hydrogen-bond acceptors (Lipinski definition) is 3. The second-order valence-electron chi connectivity index (χ2n) is 5.38. The van der Waals surface area contributed by atoms with Crippen LogP contribution in [-0.2, 0) is 10.0 Å². The van der Waals surface area contributed by atoms with Crippen molar-refractivity contribution in [2.45, 2.75) is 57.7 Å². The lowest BCUT2D eigenvalue weighted by molar-refractivity contribution is 0.297. The summed E-state index contributed by atoms with van der Waals surface area (Å²) in [6, 6.07) is 0.803. The third kappa shape index (κ3) is 3.43. The van der Waals surface area contributed by atoms with E-state index in [1.165, 1.54) is 0 Å². The van der Waals surface area contributed by atoms with Crippen LogP contribution >= 0.6 is 0 Å². The summed E-state index contributed by atoms with van der Waals surface area (Å²) in [5.74, 6) is 0.745. The fourth-order valence-corrected chi connectivity index (χ4v) is 4.20. The number of hydrogen-bond donors (Lipinski definition) is 2. The third-order valence-electron chi connectivity index (χ3n) is 3.54. The van der Waals surface area contributed by atoms with Crippen LogP contribution in [0, 0.1) is 5.92 Å². The summed E-state index contributed by atoms with van der Waals surface area (Å²) in [5, 5.41) is 3.39. The Balaban J connectivity index is 1.87. The number of nitrogens with one attached hydrogen (secondary N) is 2. The van der Waals surface area contributed by atoms with E-state index in [-0.39, 0.29) is 12.1 Å². The highest BCUT2D eigenvalue weighted by atomic mass is 32.2. The molecule has 0 aromatic heterocycles. The van der Waals surface area contributed by atoms with Crippen molar-refractivity contribution in [1.82, 2.24) is 10.0 Å². The van der Waals surface area contributed by atoms with Crippen LogP contribution in [0.15, 0.2) is 0 Å². The largest absolute Gasteiger partial charge is 0.310 e. The summed E-state index contributed by atoms with van der Waals surface area (Å²) in [4.78, 5) is 0. The van der Waals surface area contributed by atoms with Crippen molar-refractivity contribution in [2.24, 2.45) is 5.92 Å². The van der Waals surface area contributed by atoms with Gasteiger partial charge in [-0.25, -0.2) is 13.1 Å². The standard InChI is InChI=1S/C11H22N2O2S/c1-8-3-6-11(9(2)12-8)13-16(14,15)7-10-4-5-10/h8-13H,3-7H2,1-2H3. The maximum absolute atomic E-state index is 11.8. The second-order valence-corrected chi connectivity index (χ2v) is 7.18. The lowest BCUT2D eigenvalue weighted by Crippen LogP contribution is -2.55. The molecule has 5 heteroatoms. The lowest BCUT2D eigenvalue weighted by atomic mass is 9.96. The van der Waals surface area contributed by atoms with Gasteiger partial charge >= 0.3 is 0 Å². The fraction of sp³-hybridized carbons (Fsp3) is 1.00. The maximum Gasteiger partial charge on any atom is 0.212 e. The van der Waals surface area contributed by atoms with Gasteiger partial charge in [0.25, 0.3) is 0 Å². The molecule has 4 nitrogen and oxygen atoms in total. The van der Waals surface area contributed by atoms with Crippen LogP contribution in [0.5, 0.6) is 0 Å². The summed E-state index contributed by atoms with van der Waals surface area (Å²) in [6.07, 6.45) is 4.15. The van der Waals surface area contributed by atoms with E-state index in [9.17, 15) is 8.42 Å². The molecule has 0 radical (unpaired) electrons. The first-order chi connectivity index (χ1) is 7.46. The van der Waals surface area contributed by atoms with E-state index >= 15 is 0 Å². The minimum absolute atomic E-state index is 0.0694. The highest BCUT2D eigenvalue weighted by molar-refractivity contribution is 7.89. The summed E-state index contributed by atoms with van der Waals surface area (Å²) >= 11 is 0. The van der Waals surface area contributed by atoms with Gasteiger partial charge in [0.1, 0.15) is 0 Å². The van der Waals surface area contributed by atoms with E-state index in [0.717, 1.165) is 25.7 Å². The zero-order valence-electron chi connectivity index (χ0n) is 10.1. The molecule has 1 aliphatic carbocycles. The molecule has 2 N–H and O–H groups in total. The molecule has 3 atom stereocenters. The van der Waals surface area contributed by atoms with E-state index in [1.807, 2.05) is 0 Å². The highest BCUT2D eigenvalue weighted by Gasteiger charge is 2.32. The van der Waals surface area contributed by atoms with Crippen molar-refractivity contribution in [3.63, 3.8) is 0 Å². The SMILES string of the molecule is CC1CCC(NS(=O)(=O)CC2CC2)C(C)N1. The Morgan fingerprint density at radius 1 is 1.19 bits per heavy atom. The van der Waals surface area contributed by atoms with Crippen molar-refractivity contribution in [3.8, 4) is 0 Å². The Morgan fingerprint density at radius 2 is 1.88 bits per heavy atom. The zero-order valence-corrected chi connectivity index (χ0v) is 10.9. The molecule has 16 heavy (non-hydrogen) atoms. The first-order valence-corrected chi connectivity index (χ1v) is 7.87. The summed E-state index contributed by atoms with van der Waals surface area (Å²) in [7, 11) is -3.06. The molecule has 2 fully saturated rings. The second kappa shape index (κ2) is 4.63. The van der Waals surface area contributed by atoms with E-state index in [1.54, 1.807) is 0 Å². The van der Waals surface area contributed by atoms with Crippen LogP contribution in [0.1, 0.15) is 39.5 Å². The number of piperidine rings is 1. The molecule has 2 aliphatic rings. The predicted molar refractivity (Wildman–Crippen MR) is 64.7 cm³/mol. The van der Waals surface area contributed by atoms with Gasteiger partial charge in [0.15, 0.2) is 0 Å². The first-order valence-electron chi connectivity index (χ1n) is 6.22. The van der Waals surface area contributed by atoms with Gasteiger partial charge in [-0.15, -0.1) is 0 Å². The molecule has 0 amide bonds. The van der Waals surface area contributed by atoms with E-state index in [4.69, 9.17) is 0 Å². The summed E-state index contributed by atoms with van der Waals surface area (Å²) in [5.41, 5.74) is 0. The third-order valence-corrected chi connectivity index (χ3v) is 5.12. The minimum Gasteiger partial charge on any atom is -0.310 e. The van der Waals surface area contributed by atoms with Gasteiger partial charge in [-0.05, 0) is 45.4 Å². The zero-order chi connectivity index (χ0) is 11.8. The van der Waals surface area contributed by atoms with Gasteiger partial charge < -0.3 is 5.32 Å². The van der Waals surface area contributed by atoms with Crippen LogP contribution < -0.4 is 10.0 Å². The minimum atomic E-state index is -3.06. The Morgan fingerprint density at radius 3 is 2.44 bits per heavy atom. The van der Waals surface area contributed by atoms with E-state index in [0.29, 0.717) is 17.7 Å². The van der Waals surface area contributed by atoms with Crippen molar-refractivity contribution < 1.29 is 8.42 Å². The quantitative estimate of drug-likeness (QED) is 0.773. The Hall–Kier alpha value is -0.130. The molecule has 0 aromatic carbocycles. The topological polar surface area (TPSA) is 58.2 Å². The average molecular weight is 246 g/mol.